The van der Waals surface area contributed by atoms with Gasteiger partial charge in [-0.1, -0.05) is 0 Å². The molecule has 0 amide bonds. The third-order valence-corrected chi connectivity index (χ3v) is 2.79. The minimum Gasteiger partial charge on any atom is -0.381 e. The fraction of sp³-hybridized carbons (Fsp3) is 0.667. The second kappa shape index (κ2) is 5.37. The molecule has 0 aromatic carbocycles. The summed E-state index contributed by atoms with van der Waals surface area (Å²) in [6.07, 6.45) is 4.87. The standard InChI is InChI=1S/C12H19N3O/c1-9(13)7-11-4-5-14-12(15-11)10-3-2-6-16-8-10/h4-5,9-10H,2-3,6-8,13H2,1H3. The van der Waals surface area contributed by atoms with E-state index in [4.69, 9.17) is 10.5 Å². The maximum Gasteiger partial charge on any atom is 0.133 e. The van der Waals surface area contributed by atoms with Crippen molar-refractivity contribution in [2.45, 2.75) is 38.1 Å². The first-order valence-electron chi connectivity index (χ1n) is 5.91. The van der Waals surface area contributed by atoms with Crippen LogP contribution in [-0.4, -0.2) is 29.2 Å². The zero-order chi connectivity index (χ0) is 11.4. The number of ether oxygens (including phenoxy) is 1. The molecule has 1 aliphatic heterocycles. The highest BCUT2D eigenvalue weighted by Gasteiger charge is 2.18. The van der Waals surface area contributed by atoms with Gasteiger partial charge in [0.25, 0.3) is 0 Å². The van der Waals surface area contributed by atoms with Gasteiger partial charge in [0.15, 0.2) is 0 Å². The van der Waals surface area contributed by atoms with Gasteiger partial charge in [-0.2, -0.15) is 0 Å². The first-order valence-corrected chi connectivity index (χ1v) is 5.91. The molecule has 1 fully saturated rings. The number of hydrogen-bond acceptors (Lipinski definition) is 4. The molecule has 4 heteroatoms. The largest absolute Gasteiger partial charge is 0.381 e. The van der Waals surface area contributed by atoms with Crippen LogP contribution in [0.3, 0.4) is 0 Å². The molecule has 0 spiro atoms. The van der Waals surface area contributed by atoms with E-state index >= 15 is 0 Å². The summed E-state index contributed by atoms with van der Waals surface area (Å²) in [5.74, 6) is 1.28. The molecule has 1 aromatic heterocycles. The minimum atomic E-state index is 0.144. The molecule has 1 aliphatic rings. The Morgan fingerprint density at radius 2 is 2.50 bits per heavy atom. The number of nitrogens with two attached hydrogens (primary N) is 1. The van der Waals surface area contributed by atoms with Crippen molar-refractivity contribution in [2.24, 2.45) is 5.73 Å². The monoisotopic (exact) mass is 221 g/mol. The van der Waals surface area contributed by atoms with E-state index in [0.717, 1.165) is 44.0 Å². The Morgan fingerprint density at radius 3 is 3.19 bits per heavy atom. The molecule has 2 heterocycles. The van der Waals surface area contributed by atoms with Crippen molar-refractivity contribution in [1.82, 2.24) is 9.97 Å². The smallest absolute Gasteiger partial charge is 0.133 e. The summed E-state index contributed by atoms with van der Waals surface area (Å²) in [6, 6.07) is 2.08. The Kier molecular flexibility index (Phi) is 3.85. The Morgan fingerprint density at radius 1 is 1.62 bits per heavy atom. The predicted octanol–water partition coefficient (Wildman–Crippen LogP) is 1.26. The Balaban J connectivity index is 2.08. The molecular formula is C12H19N3O. The van der Waals surface area contributed by atoms with E-state index in [1.54, 1.807) is 0 Å². The Hall–Kier alpha value is -1.00. The maximum absolute atomic E-state index is 5.77. The molecule has 88 valence electrons. The van der Waals surface area contributed by atoms with E-state index in [-0.39, 0.29) is 6.04 Å². The lowest BCUT2D eigenvalue weighted by molar-refractivity contribution is 0.0780. The topological polar surface area (TPSA) is 61.0 Å². The van der Waals surface area contributed by atoms with Gasteiger partial charge >= 0.3 is 0 Å². The van der Waals surface area contributed by atoms with E-state index in [0.29, 0.717) is 5.92 Å². The summed E-state index contributed by atoms with van der Waals surface area (Å²) in [6.45, 7) is 3.61. The van der Waals surface area contributed by atoms with Crippen LogP contribution in [0.2, 0.25) is 0 Å². The van der Waals surface area contributed by atoms with Gasteiger partial charge in [0.05, 0.1) is 6.61 Å². The number of aromatic nitrogens is 2. The van der Waals surface area contributed by atoms with Crippen LogP contribution < -0.4 is 5.73 Å². The lowest BCUT2D eigenvalue weighted by Gasteiger charge is -2.21. The van der Waals surface area contributed by atoms with Crippen molar-refractivity contribution in [3.05, 3.63) is 23.8 Å². The van der Waals surface area contributed by atoms with E-state index in [2.05, 4.69) is 9.97 Å². The predicted molar refractivity (Wildman–Crippen MR) is 62.2 cm³/mol. The van der Waals surface area contributed by atoms with Crippen LogP contribution in [0.5, 0.6) is 0 Å². The highest BCUT2D eigenvalue weighted by molar-refractivity contribution is 5.07. The van der Waals surface area contributed by atoms with Crippen LogP contribution in [0, 0.1) is 0 Å². The lowest BCUT2D eigenvalue weighted by Crippen LogP contribution is -2.21. The molecule has 2 unspecified atom stereocenters. The molecule has 2 atom stereocenters. The van der Waals surface area contributed by atoms with Crippen LogP contribution in [0.4, 0.5) is 0 Å². The van der Waals surface area contributed by atoms with Gasteiger partial charge in [-0.25, -0.2) is 9.97 Å². The van der Waals surface area contributed by atoms with Crippen LogP contribution in [0.25, 0.3) is 0 Å². The summed E-state index contributed by atoms with van der Waals surface area (Å²) >= 11 is 0. The second-order valence-electron chi connectivity index (χ2n) is 4.50. The molecule has 0 radical (unpaired) electrons. The van der Waals surface area contributed by atoms with Gasteiger partial charge in [0.2, 0.25) is 0 Å². The summed E-state index contributed by atoms with van der Waals surface area (Å²) < 4.78 is 5.45. The fourth-order valence-corrected chi connectivity index (χ4v) is 2.00. The third kappa shape index (κ3) is 3.00. The van der Waals surface area contributed by atoms with Crippen LogP contribution >= 0.6 is 0 Å². The van der Waals surface area contributed by atoms with Gasteiger partial charge in [-0.15, -0.1) is 0 Å². The van der Waals surface area contributed by atoms with Crippen molar-refractivity contribution in [3.63, 3.8) is 0 Å². The summed E-state index contributed by atoms with van der Waals surface area (Å²) in [7, 11) is 0. The first-order chi connectivity index (χ1) is 7.75. The zero-order valence-electron chi connectivity index (χ0n) is 9.72. The van der Waals surface area contributed by atoms with Crippen LogP contribution in [0.15, 0.2) is 12.3 Å². The van der Waals surface area contributed by atoms with E-state index < -0.39 is 0 Å². The molecule has 0 bridgehead atoms. The van der Waals surface area contributed by atoms with Gasteiger partial charge < -0.3 is 10.5 Å². The molecule has 0 saturated carbocycles. The molecule has 1 saturated heterocycles. The number of rotatable bonds is 3. The van der Waals surface area contributed by atoms with Gasteiger partial charge in [-0.05, 0) is 25.8 Å². The molecule has 0 aliphatic carbocycles. The van der Waals surface area contributed by atoms with Gasteiger partial charge in [-0.3, -0.25) is 0 Å². The van der Waals surface area contributed by atoms with Crippen molar-refractivity contribution in [3.8, 4) is 0 Å². The summed E-state index contributed by atoms with van der Waals surface area (Å²) in [5.41, 5.74) is 6.80. The second-order valence-corrected chi connectivity index (χ2v) is 4.50. The fourth-order valence-electron chi connectivity index (χ4n) is 2.00. The first kappa shape index (κ1) is 11.5. The Labute approximate surface area is 96.2 Å². The van der Waals surface area contributed by atoms with Crippen LogP contribution in [0.1, 0.15) is 37.2 Å². The van der Waals surface area contributed by atoms with Crippen molar-refractivity contribution in [1.29, 1.82) is 0 Å². The molecule has 2 rings (SSSR count). The summed E-state index contributed by atoms with van der Waals surface area (Å²) in [5, 5.41) is 0. The van der Waals surface area contributed by atoms with Gasteiger partial charge in [0.1, 0.15) is 5.82 Å². The van der Waals surface area contributed by atoms with Crippen molar-refractivity contribution >= 4 is 0 Å². The quantitative estimate of drug-likeness (QED) is 0.834. The highest BCUT2D eigenvalue weighted by atomic mass is 16.5. The molecular weight excluding hydrogens is 202 g/mol. The minimum absolute atomic E-state index is 0.144. The van der Waals surface area contributed by atoms with Crippen LogP contribution in [-0.2, 0) is 11.2 Å². The third-order valence-electron chi connectivity index (χ3n) is 2.79. The molecule has 16 heavy (non-hydrogen) atoms. The average molecular weight is 221 g/mol. The van der Waals surface area contributed by atoms with Crippen molar-refractivity contribution < 1.29 is 4.74 Å². The van der Waals surface area contributed by atoms with Crippen molar-refractivity contribution in [2.75, 3.05) is 13.2 Å². The SMILES string of the molecule is CC(N)Cc1ccnc(C2CCCOC2)n1. The van der Waals surface area contributed by atoms with E-state index in [1.807, 2.05) is 19.2 Å². The van der Waals surface area contributed by atoms with E-state index in [1.165, 1.54) is 0 Å². The zero-order valence-corrected chi connectivity index (χ0v) is 9.72. The molecule has 4 nitrogen and oxygen atoms in total. The number of nitrogens with zero attached hydrogens (tertiary/aromatic N) is 2. The Bertz CT molecular complexity index is 335. The number of hydrogen-bond donors (Lipinski definition) is 1. The maximum atomic E-state index is 5.77. The molecule has 1 aromatic rings. The molecule has 2 N–H and O–H groups in total. The highest BCUT2D eigenvalue weighted by Crippen LogP contribution is 2.22. The van der Waals surface area contributed by atoms with Gasteiger partial charge in [0, 0.05) is 36.9 Å². The lowest BCUT2D eigenvalue weighted by atomic mass is 10.0. The average Bonchev–Trinajstić information content (AvgIpc) is 2.30. The van der Waals surface area contributed by atoms with E-state index in [9.17, 15) is 0 Å². The normalized spacial score (nSPS) is 23.0. The summed E-state index contributed by atoms with van der Waals surface area (Å²) in [4.78, 5) is 8.90.